The van der Waals surface area contributed by atoms with Crippen LogP contribution in [0.1, 0.15) is 48.8 Å². The van der Waals surface area contributed by atoms with Crippen molar-refractivity contribution in [2.75, 3.05) is 10.8 Å². The van der Waals surface area contributed by atoms with Crippen LogP contribution in [0.5, 0.6) is 0 Å². The SMILES string of the molecule is Cc1ccccc1N(CC(=O)N(Cc1cccc(Cl)c1)[C@H](Cc1ccccc1)C(=O)NC1CCCCC1)S(=O)(=O)c1ccc(Cl)cc1. The first-order valence-electron chi connectivity index (χ1n) is 15.8. The van der Waals surface area contributed by atoms with Crippen molar-refractivity contribution in [2.24, 2.45) is 0 Å². The number of nitrogens with one attached hydrogen (secondary N) is 1. The Morgan fingerprint density at radius 2 is 1.47 bits per heavy atom. The predicted molar refractivity (Wildman–Crippen MR) is 188 cm³/mol. The minimum absolute atomic E-state index is 0.00442. The van der Waals surface area contributed by atoms with Gasteiger partial charge in [0.2, 0.25) is 11.8 Å². The van der Waals surface area contributed by atoms with Gasteiger partial charge in [-0.25, -0.2) is 8.42 Å². The second-order valence-electron chi connectivity index (χ2n) is 12.0. The van der Waals surface area contributed by atoms with Crippen LogP contribution >= 0.6 is 23.2 Å². The van der Waals surface area contributed by atoms with Crippen LogP contribution in [0.3, 0.4) is 0 Å². The first kappa shape index (κ1) is 34.5. The highest BCUT2D eigenvalue weighted by molar-refractivity contribution is 7.92. The van der Waals surface area contributed by atoms with Gasteiger partial charge in [-0.15, -0.1) is 0 Å². The molecule has 1 atom stereocenters. The van der Waals surface area contributed by atoms with Crippen molar-refractivity contribution in [3.63, 3.8) is 0 Å². The van der Waals surface area contributed by atoms with Crippen LogP contribution in [0.4, 0.5) is 5.69 Å². The molecule has 10 heteroatoms. The molecule has 0 spiro atoms. The van der Waals surface area contributed by atoms with Crippen LogP contribution in [0.15, 0.2) is 108 Å². The van der Waals surface area contributed by atoms with E-state index >= 15 is 0 Å². The van der Waals surface area contributed by atoms with E-state index in [0.29, 0.717) is 21.3 Å². The van der Waals surface area contributed by atoms with Gasteiger partial charge < -0.3 is 10.2 Å². The standard InChI is InChI=1S/C37H39Cl2N3O4S/c1-27-11-8-9-18-34(27)42(47(45,46)33-21-19-30(38)20-22-33)26-36(43)41(25-29-14-10-15-31(39)23-29)35(24-28-12-4-2-5-13-28)37(44)40-32-16-6-3-7-17-32/h2,4-5,8-15,18-23,32,35H,3,6-7,16-17,24-26H2,1H3,(H,40,44)/t35-/m1/s1. The third-order valence-electron chi connectivity index (χ3n) is 8.53. The van der Waals surface area contributed by atoms with Gasteiger partial charge >= 0.3 is 0 Å². The molecule has 0 saturated heterocycles. The molecule has 0 unspecified atom stereocenters. The van der Waals surface area contributed by atoms with Gasteiger partial charge in [0.1, 0.15) is 12.6 Å². The molecule has 7 nitrogen and oxygen atoms in total. The number of carbonyl (C=O) groups excluding carboxylic acids is 2. The summed E-state index contributed by atoms with van der Waals surface area (Å²) in [5.74, 6) is -0.787. The summed E-state index contributed by atoms with van der Waals surface area (Å²) in [5.41, 5.74) is 2.64. The Bertz CT molecular complexity index is 1780. The molecule has 0 bridgehead atoms. The first-order valence-corrected chi connectivity index (χ1v) is 18.0. The van der Waals surface area contributed by atoms with Crippen molar-refractivity contribution >= 4 is 50.7 Å². The molecule has 2 amide bonds. The maximum atomic E-state index is 14.7. The molecule has 246 valence electrons. The lowest BCUT2D eigenvalue weighted by Gasteiger charge is -2.35. The number of benzene rings is 4. The highest BCUT2D eigenvalue weighted by Gasteiger charge is 2.35. The molecular formula is C37H39Cl2N3O4S. The molecule has 0 aliphatic heterocycles. The third-order valence-corrected chi connectivity index (χ3v) is 10.8. The van der Waals surface area contributed by atoms with E-state index in [-0.39, 0.29) is 29.8 Å². The van der Waals surface area contributed by atoms with Gasteiger partial charge in [-0.1, -0.05) is 103 Å². The number of rotatable bonds is 12. The zero-order valence-electron chi connectivity index (χ0n) is 26.3. The van der Waals surface area contributed by atoms with E-state index in [1.807, 2.05) is 42.5 Å². The summed E-state index contributed by atoms with van der Waals surface area (Å²) < 4.78 is 29.6. The largest absolute Gasteiger partial charge is 0.352 e. The smallest absolute Gasteiger partial charge is 0.264 e. The Hall–Kier alpha value is -3.85. The van der Waals surface area contributed by atoms with E-state index in [1.54, 1.807) is 43.3 Å². The number of halogens is 2. The number of amides is 2. The maximum absolute atomic E-state index is 14.7. The molecule has 0 heterocycles. The highest BCUT2D eigenvalue weighted by atomic mass is 35.5. The van der Waals surface area contributed by atoms with Gasteiger partial charge in [0.15, 0.2) is 0 Å². The first-order chi connectivity index (χ1) is 22.6. The second kappa shape index (κ2) is 15.8. The van der Waals surface area contributed by atoms with Crippen molar-refractivity contribution in [3.8, 4) is 0 Å². The number of nitrogens with zero attached hydrogens (tertiary/aromatic N) is 2. The number of hydrogen-bond donors (Lipinski definition) is 1. The van der Waals surface area contributed by atoms with E-state index < -0.39 is 28.5 Å². The molecule has 0 aromatic heterocycles. The molecular weight excluding hydrogens is 653 g/mol. The highest BCUT2D eigenvalue weighted by Crippen LogP contribution is 2.29. The quantitative estimate of drug-likeness (QED) is 0.166. The average molecular weight is 693 g/mol. The van der Waals surface area contributed by atoms with Gasteiger partial charge in [-0.05, 0) is 78.9 Å². The zero-order chi connectivity index (χ0) is 33.4. The Kier molecular flexibility index (Phi) is 11.6. The number of carbonyl (C=O) groups is 2. The lowest BCUT2D eigenvalue weighted by molar-refractivity contribution is -0.140. The molecule has 0 radical (unpaired) electrons. The van der Waals surface area contributed by atoms with Gasteiger partial charge in [-0.3, -0.25) is 13.9 Å². The Labute approximate surface area is 287 Å². The number of sulfonamides is 1. The Morgan fingerprint density at radius 3 is 2.15 bits per heavy atom. The number of para-hydroxylation sites is 1. The summed E-state index contributed by atoms with van der Waals surface area (Å²) in [5, 5.41) is 4.11. The van der Waals surface area contributed by atoms with E-state index in [9.17, 15) is 18.0 Å². The summed E-state index contributed by atoms with van der Waals surface area (Å²) in [4.78, 5) is 30.4. The second-order valence-corrected chi connectivity index (χ2v) is 14.7. The summed E-state index contributed by atoms with van der Waals surface area (Å²) in [6.07, 6.45) is 5.22. The molecule has 1 aliphatic carbocycles. The lowest BCUT2D eigenvalue weighted by atomic mass is 9.94. The van der Waals surface area contributed by atoms with Gasteiger partial charge in [0.25, 0.3) is 10.0 Å². The molecule has 1 fully saturated rings. The molecule has 5 rings (SSSR count). The van der Waals surface area contributed by atoms with Crippen LogP contribution in [-0.4, -0.2) is 43.8 Å². The lowest BCUT2D eigenvalue weighted by Crippen LogP contribution is -2.55. The summed E-state index contributed by atoms with van der Waals surface area (Å²) in [6.45, 7) is 1.32. The zero-order valence-corrected chi connectivity index (χ0v) is 28.6. The summed E-state index contributed by atoms with van der Waals surface area (Å²) >= 11 is 12.4. The number of aryl methyl sites for hydroxylation is 1. The molecule has 1 N–H and O–H groups in total. The summed E-state index contributed by atoms with van der Waals surface area (Å²) in [6, 6.07) is 28.6. The fourth-order valence-electron chi connectivity index (χ4n) is 6.02. The van der Waals surface area contributed by atoms with Gasteiger partial charge in [0.05, 0.1) is 10.6 Å². The van der Waals surface area contributed by atoms with E-state index in [0.717, 1.165) is 47.5 Å². The van der Waals surface area contributed by atoms with E-state index in [2.05, 4.69) is 5.32 Å². The van der Waals surface area contributed by atoms with Crippen molar-refractivity contribution in [1.82, 2.24) is 10.2 Å². The van der Waals surface area contributed by atoms with Gasteiger partial charge in [0, 0.05) is 29.1 Å². The van der Waals surface area contributed by atoms with Crippen molar-refractivity contribution in [3.05, 3.63) is 130 Å². The summed E-state index contributed by atoms with van der Waals surface area (Å²) in [7, 11) is -4.22. The van der Waals surface area contributed by atoms with Crippen molar-refractivity contribution in [2.45, 2.75) is 69.0 Å². The average Bonchev–Trinajstić information content (AvgIpc) is 3.06. The number of hydrogen-bond acceptors (Lipinski definition) is 4. The molecule has 4 aromatic carbocycles. The monoisotopic (exact) mass is 691 g/mol. The molecule has 4 aromatic rings. The van der Waals surface area contributed by atoms with E-state index in [1.165, 1.54) is 29.2 Å². The van der Waals surface area contributed by atoms with Crippen molar-refractivity contribution < 1.29 is 18.0 Å². The topological polar surface area (TPSA) is 86.8 Å². The van der Waals surface area contributed by atoms with Crippen LogP contribution in [-0.2, 0) is 32.6 Å². The maximum Gasteiger partial charge on any atom is 0.264 e. The molecule has 47 heavy (non-hydrogen) atoms. The molecule has 1 aliphatic rings. The third kappa shape index (κ3) is 8.95. The van der Waals surface area contributed by atoms with Crippen LogP contribution in [0.25, 0.3) is 0 Å². The number of anilines is 1. The van der Waals surface area contributed by atoms with E-state index in [4.69, 9.17) is 23.2 Å². The minimum atomic E-state index is -4.22. The normalized spacial score (nSPS) is 14.3. The minimum Gasteiger partial charge on any atom is -0.352 e. The van der Waals surface area contributed by atoms with Crippen LogP contribution in [0, 0.1) is 6.92 Å². The predicted octanol–water partition coefficient (Wildman–Crippen LogP) is 7.59. The fourth-order valence-corrected chi connectivity index (χ4v) is 7.84. The van der Waals surface area contributed by atoms with Crippen LogP contribution in [0.2, 0.25) is 10.0 Å². The Morgan fingerprint density at radius 1 is 0.809 bits per heavy atom. The fraction of sp³-hybridized carbons (Fsp3) is 0.297. The van der Waals surface area contributed by atoms with Crippen LogP contribution < -0.4 is 9.62 Å². The Balaban J connectivity index is 1.57. The van der Waals surface area contributed by atoms with Crippen molar-refractivity contribution in [1.29, 1.82) is 0 Å². The van der Waals surface area contributed by atoms with Gasteiger partial charge in [-0.2, -0.15) is 0 Å². The molecule has 1 saturated carbocycles.